The van der Waals surface area contributed by atoms with Crippen LogP contribution in [-0.4, -0.2) is 40.7 Å². The number of phenols is 2. The van der Waals surface area contributed by atoms with Crippen LogP contribution in [0, 0.1) is 0 Å². The van der Waals surface area contributed by atoms with Crippen molar-refractivity contribution in [3.8, 4) is 28.5 Å². The maximum absolute atomic E-state index is 11.6. The maximum atomic E-state index is 11.6. The second-order valence-corrected chi connectivity index (χ2v) is 6.80. The third-order valence-electron chi connectivity index (χ3n) is 4.06. The molecule has 150 valence electrons. The molecule has 1 aromatic heterocycles. The van der Waals surface area contributed by atoms with Crippen LogP contribution in [0.15, 0.2) is 51.9 Å². The van der Waals surface area contributed by atoms with Gasteiger partial charge in [-0.05, 0) is 48.9 Å². The first-order valence-electron chi connectivity index (χ1n) is 8.70. The Morgan fingerprint density at radius 1 is 1.24 bits per heavy atom. The molecule has 1 heterocycles. The number of nitrogens with zero attached hydrogens (tertiary/aromatic N) is 3. The van der Waals surface area contributed by atoms with Gasteiger partial charge in [0.05, 0.1) is 24.6 Å². The number of carbonyl (C=O) groups excluding carboxylic acids is 1. The SMILES string of the molecule is CCN=c1scc(-c2ccc(O)c(C(N)=O)c2)n1N=Cc1ccc(O)c(OC)c1. The Morgan fingerprint density at radius 3 is 2.69 bits per heavy atom. The Hall–Kier alpha value is -3.59. The molecule has 0 radical (unpaired) electrons. The highest BCUT2D eigenvalue weighted by Crippen LogP contribution is 2.27. The molecule has 0 atom stereocenters. The number of ether oxygens (including phenoxy) is 1. The molecule has 0 spiro atoms. The molecule has 9 heteroatoms. The summed E-state index contributed by atoms with van der Waals surface area (Å²) in [5.74, 6) is -0.517. The molecule has 0 saturated heterocycles. The van der Waals surface area contributed by atoms with Gasteiger partial charge < -0.3 is 20.7 Å². The number of methoxy groups -OCH3 is 1. The zero-order valence-electron chi connectivity index (χ0n) is 15.9. The number of aromatic hydroxyl groups is 2. The van der Waals surface area contributed by atoms with Crippen LogP contribution < -0.4 is 15.3 Å². The minimum absolute atomic E-state index is 0.0291. The lowest BCUT2D eigenvalue weighted by Gasteiger charge is -2.07. The van der Waals surface area contributed by atoms with Gasteiger partial charge in [-0.15, -0.1) is 11.3 Å². The molecule has 2 aromatic carbocycles. The number of phenolic OH excluding ortho intramolecular Hbond substituents is 1. The Labute approximate surface area is 170 Å². The fraction of sp³-hybridized carbons (Fsp3) is 0.150. The van der Waals surface area contributed by atoms with E-state index in [0.29, 0.717) is 28.4 Å². The second kappa shape index (κ2) is 8.61. The van der Waals surface area contributed by atoms with Gasteiger partial charge in [0.25, 0.3) is 5.91 Å². The number of primary amides is 1. The molecule has 3 rings (SSSR count). The average molecular weight is 412 g/mol. The summed E-state index contributed by atoms with van der Waals surface area (Å²) in [5.41, 5.74) is 7.44. The number of benzene rings is 2. The summed E-state index contributed by atoms with van der Waals surface area (Å²) in [7, 11) is 1.47. The van der Waals surface area contributed by atoms with Gasteiger partial charge >= 0.3 is 0 Å². The lowest BCUT2D eigenvalue weighted by molar-refractivity contribution is 0.0998. The highest BCUT2D eigenvalue weighted by Gasteiger charge is 2.13. The van der Waals surface area contributed by atoms with E-state index in [-0.39, 0.29) is 17.1 Å². The number of thiazole rings is 1. The lowest BCUT2D eigenvalue weighted by atomic mass is 10.1. The number of nitrogens with two attached hydrogens (primary N) is 1. The molecule has 8 nitrogen and oxygen atoms in total. The average Bonchev–Trinajstić information content (AvgIpc) is 3.10. The van der Waals surface area contributed by atoms with Crippen LogP contribution in [0.25, 0.3) is 11.3 Å². The van der Waals surface area contributed by atoms with E-state index in [4.69, 9.17) is 10.5 Å². The van der Waals surface area contributed by atoms with Gasteiger partial charge in [-0.2, -0.15) is 5.10 Å². The number of amides is 1. The lowest BCUT2D eigenvalue weighted by Crippen LogP contribution is -2.13. The van der Waals surface area contributed by atoms with Crippen molar-refractivity contribution in [3.05, 3.63) is 57.7 Å². The predicted molar refractivity (Wildman–Crippen MR) is 112 cm³/mol. The fourth-order valence-electron chi connectivity index (χ4n) is 2.64. The second-order valence-electron chi connectivity index (χ2n) is 5.96. The number of rotatable bonds is 6. The van der Waals surface area contributed by atoms with Gasteiger partial charge in [-0.1, -0.05) is 0 Å². The molecular formula is C20H20N4O4S. The van der Waals surface area contributed by atoms with Crippen molar-refractivity contribution in [1.29, 1.82) is 0 Å². The third-order valence-corrected chi connectivity index (χ3v) is 4.92. The number of hydrogen-bond donors (Lipinski definition) is 3. The monoisotopic (exact) mass is 412 g/mol. The van der Waals surface area contributed by atoms with Crippen molar-refractivity contribution in [3.63, 3.8) is 0 Å². The summed E-state index contributed by atoms with van der Waals surface area (Å²) >= 11 is 1.40. The Kier molecular flexibility index (Phi) is 5.99. The van der Waals surface area contributed by atoms with Crippen LogP contribution in [0.4, 0.5) is 0 Å². The van der Waals surface area contributed by atoms with Crippen LogP contribution in [0.1, 0.15) is 22.8 Å². The van der Waals surface area contributed by atoms with Crippen molar-refractivity contribution < 1.29 is 19.7 Å². The molecule has 0 saturated carbocycles. The molecule has 0 aliphatic heterocycles. The van der Waals surface area contributed by atoms with Crippen molar-refractivity contribution in [2.45, 2.75) is 6.92 Å². The quantitative estimate of drug-likeness (QED) is 0.538. The zero-order valence-corrected chi connectivity index (χ0v) is 16.7. The van der Waals surface area contributed by atoms with E-state index in [1.165, 1.54) is 36.6 Å². The number of hydrogen-bond acceptors (Lipinski definition) is 7. The molecule has 0 bridgehead atoms. The van der Waals surface area contributed by atoms with Crippen LogP contribution >= 0.6 is 11.3 Å². The summed E-state index contributed by atoms with van der Waals surface area (Å²) < 4.78 is 6.77. The minimum atomic E-state index is -0.718. The Balaban J connectivity index is 2.10. The van der Waals surface area contributed by atoms with Crippen LogP contribution in [0.3, 0.4) is 0 Å². The third kappa shape index (κ3) is 4.30. The minimum Gasteiger partial charge on any atom is -0.507 e. The highest BCUT2D eigenvalue weighted by atomic mass is 32.1. The molecule has 4 N–H and O–H groups in total. The van der Waals surface area contributed by atoms with Gasteiger partial charge in [0.2, 0.25) is 4.80 Å². The molecule has 0 aliphatic carbocycles. The molecule has 1 amide bonds. The molecule has 3 aromatic rings. The van der Waals surface area contributed by atoms with Gasteiger partial charge in [0, 0.05) is 17.5 Å². The van der Waals surface area contributed by atoms with Gasteiger partial charge in [-0.3, -0.25) is 9.79 Å². The van der Waals surface area contributed by atoms with E-state index in [9.17, 15) is 15.0 Å². The first kappa shape index (κ1) is 20.2. The van der Waals surface area contributed by atoms with E-state index < -0.39 is 5.91 Å². The summed E-state index contributed by atoms with van der Waals surface area (Å²) in [6, 6.07) is 9.50. The highest BCUT2D eigenvalue weighted by molar-refractivity contribution is 7.07. The van der Waals surface area contributed by atoms with E-state index >= 15 is 0 Å². The molecule has 29 heavy (non-hydrogen) atoms. The maximum Gasteiger partial charge on any atom is 0.252 e. The summed E-state index contributed by atoms with van der Waals surface area (Å²) in [4.78, 5) is 16.7. The topological polar surface area (TPSA) is 122 Å². The van der Waals surface area contributed by atoms with Crippen molar-refractivity contribution in [2.24, 2.45) is 15.8 Å². The van der Waals surface area contributed by atoms with Crippen LogP contribution in [0.2, 0.25) is 0 Å². The standard InChI is InChI=1S/C20H20N4O4S/c1-3-22-20-24(23-10-12-4-6-17(26)18(8-12)28-2)15(11-29-20)13-5-7-16(25)14(9-13)19(21)27/h4-11,25-26H,3H2,1-2H3,(H2,21,27). The normalized spacial score (nSPS) is 11.9. The van der Waals surface area contributed by atoms with Crippen molar-refractivity contribution in [2.75, 3.05) is 13.7 Å². The van der Waals surface area contributed by atoms with E-state index in [1.807, 2.05) is 12.3 Å². The van der Waals surface area contributed by atoms with E-state index in [0.717, 1.165) is 5.56 Å². The van der Waals surface area contributed by atoms with Crippen molar-refractivity contribution >= 4 is 23.5 Å². The van der Waals surface area contributed by atoms with Crippen LogP contribution in [-0.2, 0) is 0 Å². The Morgan fingerprint density at radius 2 is 2.00 bits per heavy atom. The fourth-order valence-corrected chi connectivity index (χ4v) is 3.55. The number of carbonyl (C=O) groups is 1. The molecular weight excluding hydrogens is 392 g/mol. The zero-order chi connectivity index (χ0) is 21.0. The smallest absolute Gasteiger partial charge is 0.252 e. The van der Waals surface area contributed by atoms with Gasteiger partial charge in [-0.25, -0.2) is 4.68 Å². The first-order chi connectivity index (χ1) is 13.9. The van der Waals surface area contributed by atoms with Crippen molar-refractivity contribution in [1.82, 2.24) is 4.68 Å². The summed E-state index contributed by atoms with van der Waals surface area (Å²) in [6.07, 6.45) is 1.61. The van der Waals surface area contributed by atoms with Gasteiger partial charge in [0.1, 0.15) is 5.75 Å². The molecule has 0 unspecified atom stereocenters. The van der Waals surface area contributed by atoms with E-state index in [1.54, 1.807) is 29.1 Å². The summed E-state index contributed by atoms with van der Waals surface area (Å²) in [6.45, 7) is 2.49. The Bertz CT molecular complexity index is 1150. The molecule has 0 fully saturated rings. The first-order valence-corrected chi connectivity index (χ1v) is 9.58. The van der Waals surface area contributed by atoms with Gasteiger partial charge in [0.15, 0.2) is 11.5 Å². The van der Waals surface area contributed by atoms with Crippen LogP contribution in [0.5, 0.6) is 17.2 Å². The number of aromatic nitrogens is 1. The predicted octanol–water partition coefficient (Wildman–Crippen LogP) is 2.54. The summed E-state index contributed by atoms with van der Waals surface area (Å²) in [5, 5.41) is 26.0. The molecule has 0 aliphatic rings. The van der Waals surface area contributed by atoms with E-state index in [2.05, 4.69) is 10.1 Å². The largest absolute Gasteiger partial charge is 0.507 e.